The van der Waals surface area contributed by atoms with E-state index in [2.05, 4.69) is 4.98 Å². The number of halogens is 1. The minimum absolute atomic E-state index is 0.0411. The zero-order valence-electron chi connectivity index (χ0n) is 9.05. The molecule has 0 spiro atoms. The Hall–Kier alpha value is -0.850. The van der Waals surface area contributed by atoms with E-state index in [0.717, 1.165) is 0 Å². The van der Waals surface area contributed by atoms with Crippen molar-refractivity contribution in [2.45, 2.75) is 4.90 Å². The maximum atomic E-state index is 11.2. The molecule has 5 nitrogen and oxygen atoms in total. The first kappa shape index (κ1) is 13.2. The fourth-order valence-electron chi connectivity index (χ4n) is 0.995. The Morgan fingerprint density at radius 1 is 1.50 bits per heavy atom. The Morgan fingerprint density at radius 2 is 2.19 bits per heavy atom. The van der Waals surface area contributed by atoms with Crippen LogP contribution >= 0.6 is 10.7 Å². The van der Waals surface area contributed by atoms with Crippen molar-refractivity contribution in [3.8, 4) is 5.88 Å². The molecule has 0 bridgehead atoms. The molecule has 1 aromatic rings. The molecule has 0 saturated carbocycles. The molecule has 0 saturated heterocycles. The topological polar surface area (TPSA) is 59.5 Å². The summed E-state index contributed by atoms with van der Waals surface area (Å²) >= 11 is 0. The Kier molecular flexibility index (Phi) is 4.52. The minimum atomic E-state index is -3.81. The number of hydrogen-bond acceptors (Lipinski definition) is 5. The molecule has 1 heterocycles. The highest BCUT2D eigenvalue weighted by molar-refractivity contribution is 8.13. The SMILES string of the molecule is CN(C)CCOc1ncccc1S(=O)(=O)Cl. The van der Waals surface area contributed by atoms with Crippen LogP contribution in [0.15, 0.2) is 23.2 Å². The van der Waals surface area contributed by atoms with E-state index in [9.17, 15) is 8.42 Å². The van der Waals surface area contributed by atoms with Crippen LogP contribution in [-0.2, 0) is 9.05 Å². The van der Waals surface area contributed by atoms with Crippen LogP contribution in [0.5, 0.6) is 5.88 Å². The largest absolute Gasteiger partial charge is 0.475 e. The van der Waals surface area contributed by atoms with Gasteiger partial charge in [-0.1, -0.05) is 0 Å². The molecule has 0 radical (unpaired) electrons. The van der Waals surface area contributed by atoms with Gasteiger partial charge in [0.1, 0.15) is 11.5 Å². The zero-order chi connectivity index (χ0) is 12.2. The summed E-state index contributed by atoms with van der Waals surface area (Å²) in [7, 11) is 5.21. The molecule has 0 aliphatic heterocycles. The lowest BCUT2D eigenvalue weighted by Gasteiger charge is -2.11. The van der Waals surface area contributed by atoms with E-state index in [0.29, 0.717) is 13.2 Å². The second-order valence-electron chi connectivity index (χ2n) is 3.40. The fraction of sp³-hybridized carbons (Fsp3) is 0.444. The molecule has 0 atom stereocenters. The normalized spacial score (nSPS) is 11.8. The Balaban J connectivity index is 2.80. The molecule has 0 aliphatic carbocycles. The van der Waals surface area contributed by atoms with Crippen molar-refractivity contribution in [2.24, 2.45) is 0 Å². The number of aromatic nitrogens is 1. The van der Waals surface area contributed by atoms with E-state index in [1.165, 1.54) is 18.3 Å². The molecule has 7 heteroatoms. The van der Waals surface area contributed by atoms with Crippen molar-refractivity contribution >= 4 is 19.7 Å². The number of hydrogen-bond donors (Lipinski definition) is 0. The summed E-state index contributed by atoms with van der Waals surface area (Å²) in [6.45, 7) is 1.02. The van der Waals surface area contributed by atoms with Gasteiger partial charge in [0.25, 0.3) is 9.05 Å². The van der Waals surface area contributed by atoms with Gasteiger partial charge in [-0.05, 0) is 26.2 Å². The third-order valence-electron chi connectivity index (χ3n) is 1.78. The first-order valence-electron chi connectivity index (χ1n) is 4.58. The Morgan fingerprint density at radius 3 is 2.75 bits per heavy atom. The highest BCUT2D eigenvalue weighted by Crippen LogP contribution is 2.23. The van der Waals surface area contributed by atoms with E-state index in [1.54, 1.807) is 0 Å². The van der Waals surface area contributed by atoms with Crippen LogP contribution in [0.2, 0.25) is 0 Å². The quantitative estimate of drug-likeness (QED) is 0.741. The molecule has 0 unspecified atom stereocenters. The molecule has 1 aromatic heterocycles. The average Bonchev–Trinajstić information content (AvgIpc) is 2.16. The monoisotopic (exact) mass is 264 g/mol. The first-order valence-corrected chi connectivity index (χ1v) is 6.89. The number of rotatable bonds is 5. The molecular formula is C9H13ClN2O3S. The molecule has 90 valence electrons. The predicted octanol–water partition coefficient (Wildman–Crippen LogP) is 0.949. The summed E-state index contributed by atoms with van der Waals surface area (Å²) in [4.78, 5) is 5.65. The van der Waals surface area contributed by atoms with Gasteiger partial charge in [0.05, 0.1) is 0 Å². The number of ether oxygens (including phenoxy) is 1. The van der Waals surface area contributed by atoms with Gasteiger partial charge in [-0.15, -0.1) is 0 Å². The van der Waals surface area contributed by atoms with Gasteiger partial charge in [-0.25, -0.2) is 13.4 Å². The standard InChI is InChI=1S/C9H13ClN2O3S/c1-12(2)6-7-15-9-8(16(10,13)14)4-3-5-11-9/h3-5H,6-7H2,1-2H3. The molecular weight excluding hydrogens is 252 g/mol. The number of likely N-dealkylation sites (N-methyl/N-ethyl adjacent to an activating group) is 1. The van der Waals surface area contributed by atoms with Crippen molar-refractivity contribution in [2.75, 3.05) is 27.2 Å². The second kappa shape index (κ2) is 5.47. The summed E-state index contributed by atoms with van der Waals surface area (Å²) in [5, 5.41) is 0. The van der Waals surface area contributed by atoms with Gasteiger partial charge in [-0.3, -0.25) is 0 Å². The van der Waals surface area contributed by atoms with Crippen LogP contribution in [0.25, 0.3) is 0 Å². The van der Waals surface area contributed by atoms with E-state index < -0.39 is 9.05 Å². The molecule has 16 heavy (non-hydrogen) atoms. The van der Waals surface area contributed by atoms with Gasteiger partial charge in [-0.2, -0.15) is 0 Å². The highest BCUT2D eigenvalue weighted by Gasteiger charge is 2.17. The van der Waals surface area contributed by atoms with Gasteiger partial charge in [0.2, 0.25) is 5.88 Å². The zero-order valence-corrected chi connectivity index (χ0v) is 10.6. The molecule has 0 aliphatic rings. The summed E-state index contributed by atoms with van der Waals surface area (Å²) in [6, 6.07) is 2.86. The second-order valence-corrected chi connectivity index (χ2v) is 5.93. The average molecular weight is 265 g/mol. The Labute approximate surface area is 99.4 Å². The van der Waals surface area contributed by atoms with Crippen molar-refractivity contribution < 1.29 is 13.2 Å². The summed E-state index contributed by atoms with van der Waals surface area (Å²) in [5.74, 6) is 0.0411. The van der Waals surface area contributed by atoms with Crippen molar-refractivity contribution in [1.29, 1.82) is 0 Å². The molecule has 0 aromatic carbocycles. The predicted molar refractivity (Wildman–Crippen MR) is 61.3 cm³/mol. The van der Waals surface area contributed by atoms with Gasteiger partial charge >= 0.3 is 0 Å². The van der Waals surface area contributed by atoms with Crippen LogP contribution in [0.3, 0.4) is 0 Å². The van der Waals surface area contributed by atoms with Crippen LogP contribution in [0.4, 0.5) is 0 Å². The van der Waals surface area contributed by atoms with Crippen LogP contribution in [0.1, 0.15) is 0 Å². The number of pyridine rings is 1. The van der Waals surface area contributed by atoms with Gasteiger partial charge in [0, 0.05) is 23.4 Å². The maximum Gasteiger partial charge on any atom is 0.266 e. The lowest BCUT2D eigenvalue weighted by molar-refractivity contribution is 0.248. The number of nitrogens with zero attached hydrogens (tertiary/aromatic N) is 2. The summed E-state index contributed by atoms with van der Waals surface area (Å²) < 4.78 is 27.6. The first-order chi connectivity index (χ1) is 7.41. The summed E-state index contributed by atoms with van der Waals surface area (Å²) in [5.41, 5.74) is 0. The van der Waals surface area contributed by atoms with Gasteiger partial charge < -0.3 is 9.64 Å². The Bertz CT molecular complexity index is 448. The van der Waals surface area contributed by atoms with Crippen LogP contribution in [0, 0.1) is 0 Å². The van der Waals surface area contributed by atoms with Crippen molar-refractivity contribution in [3.05, 3.63) is 18.3 Å². The molecule has 1 rings (SSSR count). The molecule has 0 N–H and O–H groups in total. The van der Waals surface area contributed by atoms with Crippen LogP contribution in [-0.4, -0.2) is 45.5 Å². The lowest BCUT2D eigenvalue weighted by atomic mass is 10.5. The highest BCUT2D eigenvalue weighted by atomic mass is 35.7. The third-order valence-corrected chi connectivity index (χ3v) is 3.11. The molecule has 0 fully saturated rings. The molecule has 0 amide bonds. The minimum Gasteiger partial charge on any atom is -0.475 e. The van der Waals surface area contributed by atoms with Crippen molar-refractivity contribution in [3.63, 3.8) is 0 Å². The van der Waals surface area contributed by atoms with Crippen LogP contribution < -0.4 is 4.74 Å². The van der Waals surface area contributed by atoms with Gasteiger partial charge in [0.15, 0.2) is 0 Å². The van der Waals surface area contributed by atoms with E-state index >= 15 is 0 Å². The van der Waals surface area contributed by atoms with E-state index in [-0.39, 0.29) is 10.8 Å². The van der Waals surface area contributed by atoms with E-state index in [1.807, 2.05) is 19.0 Å². The maximum absolute atomic E-state index is 11.2. The van der Waals surface area contributed by atoms with E-state index in [4.69, 9.17) is 15.4 Å². The van der Waals surface area contributed by atoms with Crippen molar-refractivity contribution in [1.82, 2.24) is 9.88 Å². The fourth-order valence-corrected chi connectivity index (χ4v) is 1.91. The summed E-state index contributed by atoms with van der Waals surface area (Å²) in [6.07, 6.45) is 1.45. The smallest absolute Gasteiger partial charge is 0.266 e. The third kappa shape index (κ3) is 3.96. The lowest BCUT2D eigenvalue weighted by Crippen LogP contribution is -2.20.